The number of carbonyl (C=O) groups is 1. The third-order valence-corrected chi connectivity index (χ3v) is 2.66. The van der Waals surface area contributed by atoms with Crippen LogP contribution in [0.1, 0.15) is 5.56 Å². The van der Waals surface area contributed by atoms with Crippen molar-refractivity contribution in [3.05, 3.63) is 53.6 Å². The monoisotopic (exact) mass is 294 g/mol. The number of carboxylic acid groups (broad SMARTS) is 1. The highest BCUT2D eigenvalue weighted by atomic mass is 19.1. The first-order valence-electron chi connectivity index (χ1n) is 5.94. The van der Waals surface area contributed by atoms with Gasteiger partial charge >= 0.3 is 6.09 Å². The van der Waals surface area contributed by atoms with Gasteiger partial charge in [-0.05, 0) is 30.3 Å². The first-order chi connectivity index (χ1) is 9.97. The van der Waals surface area contributed by atoms with Crippen molar-refractivity contribution in [1.82, 2.24) is 5.32 Å². The smallest absolute Gasteiger partial charge is 0.404 e. The molecule has 2 aromatic rings. The summed E-state index contributed by atoms with van der Waals surface area (Å²) in [5.74, 6) is -2.22. The Labute approximate surface area is 119 Å². The van der Waals surface area contributed by atoms with E-state index in [1.165, 1.54) is 24.3 Å². The van der Waals surface area contributed by atoms with Gasteiger partial charge in [0.15, 0.2) is 17.4 Å². The van der Waals surface area contributed by atoms with Gasteiger partial charge in [0.1, 0.15) is 5.75 Å². The van der Waals surface area contributed by atoms with Crippen molar-refractivity contribution in [2.45, 2.75) is 6.54 Å². The second-order valence-corrected chi connectivity index (χ2v) is 4.18. The van der Waals surface area contributed by atoms with Gasteiger partial charge in [-0.1, -0.05) is 6.07 Å². The van der Waals surface area contributed by atoms with Gasteiger partial charge in [-0.25, -0.2) is 13.6 Å². The molecule has 1 amide bonds. The third kappa shape index (κ3) is 3.59. The van der Waals surface area contributed by atoms with Crippen molar-refractivity contribution in [3.8, 4) is 11.5 Å². The average molecular weight is 294 g/mol. The van der Waals surface area contributed by atoms with Crippen LogP contribution in [0.25, 0.3) is 0 Å². The highest BCUT2D eigenvalue weighted by Crippen LogP contribution is 2.30. The van der Waals surface area contributed by atoms with Crippen LogP contribution < -0.4 is 15.8 Å². The Bertz CT molecular complexity index is 660. The number of nitrogen functional groups attached to an aromatic ring is 1. The van der Waals surface area contributed by atoms with Gasteiger partial charge in [0.05, 0.1) is 0 Å². The van der Waals surface area contributed by atoms with Crippen molar-refractivity contribution < 1.29 is 23.4 Å². The summed E-state index contributed by atoms with van der Waals surface area (Å²) < 4.78 is 33.0. The van der Waals surface area contributed by atoms with Crippen LogP contribution in [-0.4, -0.2) is 11.2 Å². The zero-order valence-electron chi connectivity index (χ0n) is 10.8. The molecule has 0 bridgehead atoms. The SMILES string of the molecule is Nc1ccc(Oc2c(F)ccc(CNC(=O)O)c2F)cc1. The van der Waals surface area contributed by atoms with E-state index in [4.69, 9.17) is 15.6 Å². The molecule has 2 aromatic carbocycles. The van der Waals surface area contributed by atoms with Crippen LogP contribution in [0, 0.1) is 11.6 Å². The van der Waals surface area contributed by atoms with Crippen LogP contribution in [-0.2, 0) is 6.54 Å². The zero-order valence-corrected chi connectivity index (χ0v) is 10.8. The minimum Gasteiger partial charge on any atom is -0.465 e. The van der Waals surface area contributed by atoms with E-state index >= 15 is 0 Å². The van der Waals surface area contributed by atoms with Crippen molar-refractivity contribution in [3.63, 3.8) is 0 Å². The third-order valence-electron chi connectivity index (χ3n) is 2.66. The van der Waals surface area contributed by atoms with Crippen molar-refractivity contribution in [2.75, 3.05) is 5.73 Å². The number of ether oxygens (including phenoxy) is 1. The normalized spacial score (nSPS) is 10.2. The zero-order chi connectivity index (χ0) is 15.4. The molecule has 4 N–H and O–H groups in total. The lowest BCUT2D eigenvalue weighted by Gasteiger charge is -2.11. The Morgan fingerprint density at radius 2 is 1.86 bits per heavy atom. The van der Waals surface area contributed by atoms with Gasteiger partial charge < -0.3 is 20.9 Å². The summed E-state index contributed by atoms with van der Waals surface area (Å²) in [6.07, 6.45) is -1.31. The molecule has 0 heterocycles. The summed E-state index contributed by atoms with van der Waals surface area (Å²) in [6.45, 7) is -0.292. The molecule has 2 rings (SSSR count). The molecule has 0 atom stereocenters. The molecule has 0 saturated carbocycles. The fraction of sp³-hybridized carbons (Fsp3) is 0.0714. The second kappa shape index (κ2) is 6.08. The highest BCUT2D eigenvalue weighted by Gasteiger charge is 2.16. The van der Waals surface area contributed by atoms with E-state index in [-0.39, 0.29) is 17.9 Å². The fourth-order valence-electron chi connectivity index (χ4n) is 1.63. The van der Waals surface area contributed by atoms with Gasteiger partial charge in [-0.15, -0.1) is 0 Å². The van der Waals surface area contributed by atoms with Crippen LogP contribution in [0.2, 0.25) is 0 Å². The lowest BCUT2D eigenvalue weighted by atomic mass is 10.2. The predicted molar refractivity (Wildman–Crippen MR) is 72.2 cm³/mol. The number of rotatable bonds is 4. The average Bonchev–Trinajstić information content (AvgIpc) is 2.44. The maximum absolute atomic E-state index is 14.1. The van der Waals surface area contributed by atoms with Crippen LogP contribution in [0.15, 0.2) is 36.4 Å². The van der Waals surface area contributed by atoms with Crippen molar-refractivity contribution in [1.29, 1.82) is 0 Å². The number of hydrogen-bond donors (Lipinski definition) is 3. The van der Waals surface area contributed by atoms with E-state index in [1.54, 1.807) is 0 Å². The molecule has 0 aliphatic rings. The Morgan fingerprint density at radius 1 is 1.19 bits per heavy atom. The Kier molecular flexibility index (Phi) is 4.22. The Hall–Kier alpha value is -2.83. The molecule has 5 nitrogen and oxygen atoms in total. The fourth-order valence-corrected chi connectivity index (χ4v) is 1.63. The molecule has 0 aliphatic carbocycles. The molecule has 21 heavy (non-hydrogen) atoms. The van der Waals surface area contributed by atoms with Crippen LogP contribution in [0.3, 0.4) is 0 Å². The summed E-state index contributed by atoms with van der Waals surface area (Å²) in [5, 5.41) is 10.5. The number of halogens is 2. The van der Waals surface area contributed by atoms with Gasteiger partial charge in [0, 0.05) is 17.8 Å². The summed E-state index contributed by atoms with van der Waals surface area (Å²) >= 11 is 0. The number of hydrogen-bond acceptors (Lipinski definition) is 3. The van der Waals surface area contributed by atoms with Gasteiger partial charge in [0.25, 0.3) is 0 Å². The van der Waals surface area contributed by atoms with Crippen LogP contribution >= 0.6 is 0 Å². The highest BCUT2D eigenvalue weighted by molar-refractivity contribution is 5.64. The summed E-state index contributed by atoms with van der Waals surface area (Å²) in [4.78, 5) is 10.4. The summed E-state index contributed by atoms with van der Waals surface area (Å²) in [5.41, 5.74) is 5.97. The summed E-state index contributed by atoms with van der Waals surface area (Å²) in [6, 6.07) is 8.15. The van der Waals surface area contributed by atoms with Gasteiger partial charge in [-0.3, -0.25) is 0 Å². The molecule has 0 aliphatic heterocycles. The molecular weight excluding hydrogens is 282 g/mol. The lowest BCUT2D eigenvalue weighted by molar-refractivity contribution is 0.194. The molecule has 0 fully saturated rings. The summed E-state index contributed by atoms with van der Waals surface area (Å²) in [7, 11) is 0. The van der Waals surface area contributed by atoms with Crippen molar-refractivity contribution >= 4 is 11.8 Å². The van der Waals surface area contributed by atoms with Crippen molar-refractivity contribution in [2.24, 2.45) is 0 Å². The first-order valence-corrected chi connectivity index (χ1v) is 5.94. The topological polar surface area (TPSA) is 84.6 Å². The van der Waals surface area contributed by atoms with E-state index in [1.807, 2.05) is 5.32 Å². The molecule has 110 valence electrons. The molecular formula is C14H12F2N2O3. The van der Waals surface area contributed by atoms with E-state index in [2.05, 4.69) is 0 Å². The Morgan fingerprint density at radius 3 is 2.48 bits per heavy atom. The quantitative estimate of drug-likeness (QED) is 0.756. The van der Waals surface area contributed by atoms with E-state index in [9.17, 15) is 13.6 Å². The molecule has 0 aromatic heterocycles. The minimum absolute atomic E-state index is 0.0238. The van der Waals surface area contributed by atoms with E-state index in [0.29, 0.717) is 5.69 Å². The number of anilines is 1. The molecule has 0 radical (unpaired) electrons. The van der Waals surface area contributed by atoms with E-state index < -0.39 is 23.5 Å². The number of nitrogens with two attached hydrogens (primary N) is 1. The van der Waals surface area contributed by atoms with Crippen LogP contribution in [0.5, 0.6) is 11.5 Å². The predicted octanol–water partition coefficient (Wildman–Crippen LogP) is 3.11. The molecule has 0 saturated heterocycles. The number of benzene rings is 2. The van der Waals surface area contributed by atoms with Gasteiger partial charge in [-0.2, -0.15) is 0 Å². The number of amides is 1. The number of nitrogens with one attached hydrogen (secondary N) is 1. The Balaban J connectivity index is 2.27. The van der Waals surface area contributed by atoms with E-state index in [0.717, 1.165) is 12.1 Å². The maximum atomic E-state index is 14.1. The largest absolute Gasteiger partial charge is 0.465 e. The molecule has 0 spiro atoms. The standard InChI is InChI=1S/C14H12F2N2O3/c15-11-6-1-8(7-18-14(19)20)12(16)13(11)21-10-4-2-9(17)3-5-10/h1-6,18H,7,17H2,(H,19,20). The maximum Gasteiger partial charge on any atom is 0.404 e. The molecule has 0 unspecified atom stereocenters. The van der Waals surface area contributed by atoms with Gasteiger partial charge in [0.2, 0.25) is 0 Å². The van der Waals surface area contributed by atoms with Crippen LogP contribution in [0.4, 0.5) is 19.3 Å². The second-order valence-electron chi connectivity index (χ2n) is 4.18. The molecule has 7 heteroatoms. The first kappa shape index (κ1) is 14.6. The minimum atomic E-state index is -1.31. The lowest BCUT2D eigenvalue weighted by Crippen LogP contribution is -2.20.